The lowest BCUT2D eigenvalue weighted by atomic mass is 9.79. The van der Waals surface area contributed by atoms with Crippen LogP contribution in [0.2, 0.25) is 5.02 Å². The molecule has 22 heavy (non-hydrogen) atoms. The summed E-state index contributed by atoms with van der Waals surface area (Å²) in [6.45, 7) is 4.07. The van der Waals surface area contributed by atoms with Gasteiger partial charge in [0.1, 0.15) is 5.82 Å². The van der Waals surface area contributed by atoms with E-state index in [2.05, 4.69) is 31.2 Å². The summed E-state index contributed by atoms with van der Waals surface area (Å²) in [6, 6.07) is 12.2. The monoisotopic (exact) mass is 318 g/mol. The second-order valence-corrected chi connectivity index (χ2v) is 7.01. The van der Waals surface area contributed by atoms with Crippen molar-refractivity contribution in [3.8, 4) is 11.1 Å². The zero-order valence-corrected chi connectivity index (χ0v) is 14.0. The van der Waals surface area contributed by atoms with Crippen LogP contribution in [0.1, 0.15) is 51.1 Å². The molecule has 2 aromatic rings. The average Bonchev–Trinajstić information content (AvgIpc) is 2.54. The topological polar surface area (TPSA) is 0 Å². The maximum absolute atomic E-state index is 14.0. The lowest BCUT2D eigenvalue weighted by Crippen LogP contribution is -2.10. The van der Waals surface area contributed by atoms with Gasteiger partial charge in [0, 0.05) is 6.99 Å². The first-order valence-corrected chi connectivity index (χ1v) is 8.49. The van der Waals surface area contributed by atoms with E-state index >= 15 is 0 Å². The van der Waals surface area contributed by atoms with Crippen LogP contribution in [-0.2, 0) is 0 Å². The Bertz CT molecular complexity index is 658. The van der Waals surface area contributed by atoms with Gasteiger partial charge in [-0.3, -0.25) is 0 Å². The van der Waals surface area contributed by atoms with Crippen LogP contribution < -0.4 is 0 Å². The average molecular weight is 319 g/mol. The molecule has 2 aromatic carbocycles. The van der Waals surface area contributed by atoms with Gasteiger partial charge in [-0.1, -0.05) is 67.8 Å². The van der Waals surface area contributed by atoms with E-state index in [-0.39, 0.29) is 12.3 Å². The summed E-state index contributed by atoms with van der Waals surface area (Å²) in [5.41, 5.74) is 3.74. The summed E-state index contributed by atoms with van der Waals surface area (Å²) in [5, 5.41) is 0.222. The predicted molar refractivity (Wildman–Crippen MR) is 94.1 cm³/mol. The lowest BCUT2D eigenvalue weighted by Gasteiger charge is -2.26. The van der Waals surface area contributed by atoms with Crippen molar-refractivity contribution in [3.63, 3.8) is 0 Å². The molecule has 0 N–H and O–H groups in total. The molecule has 0 radical (unpaired) electrons. The van der Waals surface area contributed by atoms with Crippen molar-refractivity contribution in [3.05, 3.63) is 58.4 Å². The number of benzene rings is 2. The Morgan fingerprint density at radius 1 is 1.00 bits per heavy atom. The molecule has 0 unspecified atom stereocenters. The Morgan fingerprint density at radius 2 is 1.64 bits per heavy atom. The third kappa shape index (κ3) is 3.05. The van der Waals surface area contributed by atoms with Crippen LogP contribution in [0.4, 0.5) is 4.39 Å². The van der Waals surface area contributed by atoms with E-state index in [1.54, 1.807) is 13.0 Å². The van der Waals surface area contributed by atoms with Gasteiger partial charge in [-0.05, 0) is 48.3 Å². The van der Waals surface area contributed by atoms with Crippen molar-refractivity contribution in [1.29, 1.82) is 0 Å². The van der Waals surface area contributed by atoms with Crippen molar-refractivity contribution in [2.45, 2.75) is 45.4 Å². The van der Waals surface area contributed by atoms with Crippen molar-refractivity contribution < 1.29 is 5.82 Å². The highest BCUT2D eigenvalue weighted by atomic mass is 35.5. The van der Waals surface area contributed by atoms with E-state index in [0.717, 1.165) is 17.0 Å². The molecule has 0 nitrogen and oxygen atoms in total. The number of aryl methyl sites for hydroxylation is 1. The van der Waals surface area contributed by atoms with E-state index in [1.807, 2.05) is 6.07 Å². The predicted octanol–water partition coefficient (Wildman–Crippen LogP) is 6.99. The summed E-state index contributed by atoms with van der Waals surface area (Å²) in [6.07, 6.45) is 5.20. The zero-order chi connectivity index (χ0) is 15.7. The van der Waals surface area contributed by atoms with Crippen LogP contribution in [-0.4, -0.2) is 0 Å². The van der Waals surface area contributed by atoms with Gasteiger partial charge in [-0.15, -0.1) is 0 Å². The normalized spacial score (nSPS) is 21.8. The molecule has 0 aromatic heterocycles. The van der Waals surface area contributed by atoms with Gasteiger partial charge in [-0.2, -0.15) is 0 Å². The van der Waals surface area contributed by atoms with Crippen LogP contribution >= 0.6 is 11.6 Å². The number of halogens is 2. The molecule has 3 rings (SSSR count). The van der Waals surface area contributed by atoms with Crippen LogP contribution in [0.3, 0.4) is 0 Å². The molecule has 0 atom stereocenters. The molecule has 0 aliphatic heterocycles. The summed E-state index contributed by atoms with van der Waals surface area (Å²) in [5.74, 6) is 1.23. The fourth-order valence-corrected chi connectivity index (χ4v) is 3.72. The molecule has 1 aliphatic carbocycles. The van der Waals surface area contributed by atoms with Crippen molar-refractivity contribution in [2.24, 2.45) is 5.92 Å². The molecule has 1 fully saturated rings. The van der Waals surface area contributed by atoms with Crippen LogP contribution in [0.25, 0.3) is 11.1 Å². The quantitative estimate of drug-likeness (QED) is 0.559. The fraction of sp³-hybridized carbons (Fsp3) is 0.400. The van der Waals surface area contributed by atoms with Gasteiger partial charge in [0.25, 0.3) is 0 Å². The Balaban J connectivity index is 0.00000192. The molecular weight excluding hydrogens is 295 g/mol. The highest BCUT2D eigenvalue weighted by Gasteiger charge is 2.19. The lowest BCUT2D eigenvalue weighted by molar-refractivity contribution is 0.348. The SMILES string of the molecule is Cc1ccc(-c2ccc(C3CCC(C)CC3)cc2)c(Cl)c1F.[HH]. The molecule has 118 valence electrons. The minimum Gasteiger partial charge on any atom is -0.205 e. The summed E-state index contributed by atoms with van der Waals surface area (Å²) in [4.78, 5) is 0. The minimum absolute atomic E-state index is 0. The maximum atomic E-state index is 14.0. The number of rotatable bonds is 2. The molecule has 2 heteroatoms. The Morgan fingerprint density at radius 3 is 2.27 bits per heavy atom. The van der Waals surface area contributed by atoms with Gasteiger partial charge in [0.15, 0.2) is 0 Å². The van der Waals surface area contributed by atoms with Gasteiger partial charge >= 0.3 is 0 Å². The van der Waals surface area contributed by atoms with E-state index in [9.17, 15) is 4.39 Å². The van der Waals surface area contributed by atoms with Crippen molar-refractivity contribution in [1.82, 2.24) is 0 Å². The second kappa shape index (κ2) is 6.42. The van der Waals surface area contributed by atoms with E-state index in [1.165, 1.54) is 31.2 Å². The molecule has 1 saturated carbocycles. The number of hydrogen-bond donors (Lipinski definition) is 0. The van der Waals surface area contributed by atoms with Crippen LogP contribution in [0.15, 0.2) is 36.4 Å². The molecular formula is C20H24ClF. The third-order valence-corrected chi connectivity index (χ3v) is 5.35. The smallest absolute Gasteiger partial charge is 0.145 e. The Labute approximate surface area is 138 Å². The highest BCUT2D eigenvalue weighted by Crippen LogP contribution is 2.37. The van der Waals surface area contributed by atoms with Gasteiger partial charge in [0.2, 0.25) is 0 Å². The largest absolute Gasteiger partial charge is 0.205 e. The van der Waals surface area contributed by atoms with Crippen molar-refractivity contribution >= 4 is 11.6 Å². The van der Waals surface area contributed by atoms with Crippen molar-refractivity contribution in [2.75, 3.05) is 0 Å². The molecule has 0 bridgehead atoms. The fourth-order valence-electron chi connectivity index (χ4n) is 3.40. The van der Waals surface area contributed by atoms with Gasteiger partial charge in [0.05, 0.1) is 5.02 Å². The Kier molecular flexibility index (Phi) is 4.54. The summed E-state index contributed by atoms with van der Waals surface area (Å²) >= 11 is 6.16. The summed E-state index contributed by atoms with van der Waals surface area (Å²) in [7, 11) is 0. The maximum Gasteiger partial charge on any atom is 0.145 e. The van der Waals surface area contributed by atoms with Crippen LogP contribution in [0.5, 0.6) is 0 Å². The molecule has 0 amide bonds. The zero-order valence-electron chi connectivity index (χ0n) is 13.2. The third-order valence-electron chi connectivity index (χ3n) is 4.98. The minimum atomic E-state index is -0.315. The van der Waals surface area contributed by atoms with Crippen LogP contribution in [0, 0.1) is 18.7 Å². The molecule has 0 heterocycles. The second-order valence-electron chi connectivity index (χ2n) is 6.64. The molecule has 0 spiro atoms. The van der Waals surface area contributed by atoms with E-state index in [0.29, 0.717) is 11.5 Å². The highest BCUT2D eigenvalue weighted by molar-refractivity contribution is 6.33. The van der Waals surface area contributed by atoms with E-state index in [4.69, 9.17) is 11.6 Å². The first-order valence-electron chi connectivity index (χ1n) is 8.11. The number of hydrogen-bond acceptors (Lipinski definition) is 0. The first kappa shape index (κ1) is 15.6. The standard InChI is InChI=1S/C20H22ClF.H2/c1-13-3-6-15(7-4-13)16-8-10-17(11-9-16)18-12-5-14(2)20(22)19(18)21;/h5,8-13,15H,3-4,6-7H2,1-2H3;1H. The summed E-state index contributed by atoms with van der Waals surface area (Å²) < 4.78 is 14.0. The first-order chi connectivity index (χ1) is 10.6. The van der Waals surface area contributed by atoms with Gasteiger partial charge < -0.3 is 0 Å². The molecule has 1 aliphatic rings. The van der Waals surface area contributed by atoms with E-state index < -0.39 is 0 Å². The van der Waals surface area contributed by atoms with Gasteiger partial charge in [-0.25, -0.2) is 4.39 Å². The Hall–Kier alpha value is -1.34. The molecule has 0 saturated heterocycles.